The van der Waals surface area contributed by atoms with E-state index in [1.807, 2.05) is 13.0 Å². The van der Waals surface area contributed by atoms with Crippen LogP contribution in [0.3, 0.4) is 0 Å². The SMILES string of the molecule is CCc1ccc(C(=O)/C=C/c2ccc(OC)c(COc3c(F)c(F)c(F)c(F)c3F)c2)s1. The molecule has 0 bridgehead atoms. The van der Waals surface area contributed by atoms with Crippen LogP contribution in [0.15, 0.2) is 36.4 Å². The van der Waals surface area contributed by atoms with E-state index in [0.29, 0.717) is 10.4 Å². The van der Waals surface area contributed by atoms with E-state index < -0.39 is 41.4 Å². The van der Waals surface area contributed by atoms with Gasteiger partial charge in [-0.1, -0.05) is 19.1 Å². The van der Waals surface area contributed by atoms with Gasteiger partial charge in [0, 0.05) is 10.4 Å². The van der Waals surface area contributed by atoms with Crippen molar-refractivity contribution in [2.75, 3.05) is 7.11 Å². The maximum absolute atomic E-state index is 13.8. The van der Waals surface area contributed by atoms with Gasteiger partial charge in [0.25, 0.3) is 0 Å². The Kier molecular flexibility index (Phi) is 7.29. The molecule has 0 aliphatic carbocycles. The molecular weight excluding hydrogens is 451 g/mol. The molecule has 9 heteroatoms. The quantitative estimate of drug-likeness (QED) is 0.125. The Labute approximate surface area is 184 Å². The average Bonchev–Trinajstić information content (AvgIpc) is 3.29. The summed E-state index contributed by atoms with van der Waals surface area (Å²) in [5.74, 6) is -11.9. The molecule has 0 fully saturated rings. The maximum Gasteiger partial charge on any atom is 0.207 e. The molecule has 3 rings (SSSR count). The summed E-state index contributed by atoms with van der Waals surface area (Å²) in [6.45, 7) is 1.45. The van der Waals surface area contributed by atoms with E-state index in [1.54, 1.807) is 12.1 Å². The van der Waals surface area contributed by atoms with Crippen molar-refractivity contribution in [1.29, 1.82) is 0 Å². The van der Waals surface area contributed by atoms with Crippen molar-refractivity contribution >= 4 is 23.2 Å². The molecule has 0 unspecified atom stereocenters. The number of carbonyl (C=O) groups excluding carboxylic acids is 1. The molecule has 3 nitrogen and oxygen atoms in total. The Balaban J connectivity index is 1.82. The molecule has 0 saturated heterocycles. The van der Waals surface area contributed by atoms with E-state index in [-0.39, 0.29) is 17.1 Å². The zero-order valence-electron chi connectivity index (χ0n) is 17.0. The Morgan fingerprint density at radius 2 is 1.62 bits per heavy atom. The van der Waals surface area contributed by atoms with E-state index in [1.165, 1.54) is 42.7 Å². The molecule has 0 amide bonds. The predicted octanol–water partition coefficient (Wildman–Crippen LogP) is 6.49. The highest BCUT2D eigenvalue weighted by Gasteiger charge is 2.27. The molecular formula is C23H17F5O3S. The number of ketones is 1. The van der Waals surface area contributed by atoms with Crippen LogP contribution in [0.5, 0.6) is 11.5 Å². The Hall–Kier alpha value is -3.20. The van der Waals surface area contributed by atoms with Crippen molar-refractivity contribution in [2.24, 2.45) is 0 Å². The lowest BCUT2D eigenvalue weighted by atomic mass is 10.1. The molecule has 0 radical (unpaired) electrons. The first-order chi connectivity index (χ1) is 15.3. The molecule has 2 aromatic carbocycles. The number of hydrogen-bond acceptors (Lipinski definition) is 4. The minimum Gasteiger partial charge on any atom is -0.496 e. The standard InChI is InChI=1S/C23H17F5O3S/c1-3-14-6-9-17(32-14)15(29)7-4-12-5-8-16(30-2)13(10-12)11-31-23-21(27)19(25)18(24)20(26)22(23)28/h4-10H,3,11H2,1-2H3/b7-4+. The molecule has 1 heterocycles. The third kappa shape index (κ3) is 4.83. The molecule has 1 aromatic heterocycles. The smallest absolute Gasteiger partial charge is 0.207 e. The van der Waals surface area contributed by atoms with Crippen molar-refractivity contribution < 1.29 is 36.2 Å². The Morgan fingerprint density at radius 1 is 0.969 bits per heavy atom. The monoisotopic (exact) mass is 468 g/mol. The number of ether oxygens (including phenoxy) is 2. The van der Waals surface area contributed by atoms with Crippen molar-refractivity contribution in [2.45, 2.75) is 20.0 Å². The van der Waals surface area contributed by atoms with Gasteiger partial charge in [-0.3, -0.25) is 4.79 Å². The van der Waals surface area contributed by atoms with Crippen molar-refractivity contribution in [3.63, 3.8) is 0 Å². The van der Waals surface area contributed by atoms with E-state index in [9.17, 15) is 26.7 Å². The van der Waals surface area contributed by atoms with Crippen LogP contribution >= 0.6 is 11.3 Å². The molecule has 0 saturated carbocycles. The van der Waals surface area contributed by atoms with Gasteiger partial charge in [0.05, 0.1) is 12.0 Å². The first-order valence-electron chi connectivity index (χ1n) is 9.39. The van der Waals surface area contributed by atoms with Crippen LogP contribution in [-0.4, -0.2) is 12.9 Å². The van der Waals surface area contributed by atoms with Gasteiger partial charge >= 0.3 is 0 Å². The molecule has 0 aliphatic rings. The number of halogens is 5. The highest BCUT2D eigenvalue weighted by Crippen LogP contribution is 2.31. The van der Waals surface area contributed by atoms with Crippen LogP contribution in [0.25, 0.3) is 6.08 Å². The Bertz CT molecular complexity index is 1160. The first-order valence-corrected chi connectivity index (χ1v) is 10.2. The van der Waals surface area contributed by atoms with Crippen LogP contribution in [0.4, 0.5) is 22.0 Å². The van der Waals surface area contributed by atoms with Crippen LogP contribution in [0, 0.1) is 29.1 Å². The van der Waals surface area contributed by atoms with E-state index in [4.69, 9.17) is 9.47 Å². The van der Waals surface area contributed by atoms with Gasteiger partial charge in [0.1, 0.15) is 12.4 Å². The maximum atomic E-state index is 13.8. The summed E-state index contributed by atoms with van der Waals surface area (Å²) in [5, 5.41) is 0. The Morgan fingerprint density at radius 3 is 2.22 bits per heavy atom. The summed E-state index contributed by atoms with van der Waals surface area (Å²) < 4.78 is 77.7. The molecule has 32 heavy (non-hydrogen) atoms. The highest BCUT2D eigenvalue weighted by molar-refractivity contribution is 7.14. The van der Waals surface area contributed by atoms with Gasteiger partial charge in [-0.25, -0.2) is 13.2 Å². The van der Waals surface area contributed by atoms with E-state index in [0.717, 1.165) is 11.3 Å². The second-order valence-electron chi connectivity index (χ2n) is 6.58. The number of allylic oxidation sites excluding steroid dienone is 1. The number of thiophene rings is 1. The van der Waals surface area contributed by atoms with Crippen molar-refractivity contribution in [3.8, 4) is 11.5 Å². The summed E-state index contributed by atoms with van der Waals surface area (Å²) >= 11 is 1.40. The predicted molar refractivity (Wildman–Crippen MR) is 111 cm³/mol. The zero-order chi connectivity index (χ0) is 23.4. The molecule has 0 atom stereocenters. The minimum absolute atomic E-state index is 0.190. The highest BCUT2D eigenvalue weighted by atomic mass is 32.1. The second-order valence-corrected chi connectivity index (χ2v) is 7.74. The third-order valence-electron chi connectivity index (χ3n) is 4.53. The van der Waals surface area contributed by atoms with Gasteiger partial charge < -0.3 is 9.47 Å². The summed E-state index contributed by atoms with van der Waals surface area (Å²) in [7, 11) is 1.35. The fourth-order valence-corrected chi connectivity index (χ4v) is 3.70. The largest absolute Gasteiger partial charge is 0.496 e. The normalized spacial score (nSPS) is 11.2. The number of hydrogen-bond donors (Lipinski definition) is 0. The summed E-state index contributed by atoms with van der Waals surface area (Å²) in [4.78, 5) is 14.0. The first kappa shape index (κ1) is 23.5. The molecule has 168 valence electrons. The number of aryl methyl sites for hydroxylation is 1. The van der Waals surface area contributed by atoms with Gasteiger partial charge in [0.15, 0.2) is 11.5 Å². The lowest BCUT2D eigenvalue weighted by molar-refractivity contribution is 0.105. The van der Waals surface area contributed by atoms with Gasteiger partial charge in [-0.2, -0.15) is 8.78 Å². The lowest BCUT2D eigenvalue weighted by Gasteiger charge is -2.13. The van der Waals surface area contributed by atoms with Crippen LogP contribution in [-0.2, 0) is 13.0 Å². The zero-order valence-corrected chi connectivity index (χ0v) is 17.8. The number of rotatable bonds is 8. The molecule has 0 N–H and O–H groups in total. The molecule has 3 aromatic rings. The fraction of sp³-hybridized carbons (Fsp3) is 0.174. The van der Waals surface area contributed by atoms with E-state index in [2.05, 4.69) is 0 Å². The lowest BCUT2D eigenvalue weighted by Crippen LogP contribution is -2.07. The number of benzene rings is 2. The van der Waals surface area contributed by atoms with Crippen LogP contribution < -0.4 is 9.47 Å². The van der Waals surface area contributed by atoms with Gasteiger partial charge in [-0.05, 0) is 42.3 Å². The molecule has 0 spiro atoms. The van der Waals surface area contributed by atoms with Crippen LogP contribution in [0.1, 0.15) is 32.6 Å². The summed E-state index contributed by atoms with van der Waals surface area (Å²) in [6.07, 6.45) is 3.74. The third-order valence-corrected chi connectivity index (χ3v) is 5.77. The van der Waals surface area contributed by atoms with Crippen LogP contribution in [0.2, 0.25) is 0 Å². The number of methoxy groups -OCH3 is 1. The summed E-state index contributed by atoms with van der Waals surface area (Å²) in [5.41, 5.74) is 0.817. The second kappa shape index (κ2) is 9.95. The van der Waals surface area contributed by atoms with Gasteiger partial charge in [0.2, 0.25) is 29.1 Å². The topological polar surface area (TPSA) is 35.5 Å². The average molecular weight is 468 g/mol. The minimum atomic E-state index is -2.27. The number of carbonyl (C=O) groups is 1. The van der Waals surface area contributed by atoms with Crippen molar-refractivity contribution in [3.05, 3.63) is 86.4 Å². The van der Waals surface area contributed by atoms with Gasteiger partial charge in [-0.15, -0.1) is 11.3 Å². The fourth-order valence-electron chi connectivity index (χ4n) is 2.83. The summed E-state index contributed by atoms with van der Waals surface area (Å²) in [6, 6.07) is 8.31. The van der Waals surface area contributed by atoms with E-state index >= 15 is 0 Å². The van der Waals surface area contributed by atoms with Crippen molar-refractivity contribution in [1.82, 2.24) is 0 Å². The molecule has 0 aliphatic heterocycles.